The second kappa shape index (κ2) is 7.01. The van der Waals surface area contributed by atoms with Crippen molar-refractivity contribution in [2.75, 3.05) is 24.6 Å². The number of benzene rings is 1. The Labute approximate surface area is 109 Å². The van der Waals surface area contributed by atoms with Gasteiger partial charge in [-0.3, -0.25) is 9.69 Å². The van der Waals surface area contributed by atoms with Crippen molar-refractivity contribution in [2.24, 2.45) is 0 Å². The van der Waals surface area contributed by atoms with Gasteiger partial charge in [0.2, 0.25) is 5.91 Å². The molecular weight excluding hydrogens is 226 g/mol. The first-order valence-corrected chi connectivity index (χ1v) is 6.41. The standard InChI is InChI=1S/C14H23N3O/c1-4-5-9-17(3)11(2)14(18)16-13-8-6-7-12(15)10-13/h6-8,10-11H,4-5,9,15H2,1-3H3,(H,16,18). The lowest BCUT2D eigenvalue weighted by atomic mass is 10.2. The van der Waals surface area contributed by atoms with Crippen LogP contribution >= 0.6 is 0 Å². The minimum atomic E-state index is -0.141. The topological polar surface area (TPSA) is 58.4 Å². The maximum Gasteiger partial charge on any atom is 0.241 e. The van der Waals surface area contributed by atoms with Gasteiger partial charge in [0.25, 0.3) is 0 Å². The predicted octanol–water partition coefficient (Wildman–Crippen LogP) is 2.33. The highest BCUT2D eigenvalue weighted by Crippen LogP contribution is 2.12. The Bertz CT molecular complexity index is 392. The molecule has 0 heterocycles. The van der Waals surface area contributed by atoms with Gasteiger partial charge in [-0.15, -0.1) is 0 Å². The first-order valence-electron chi connectivity index (χ1n) is 6.41. The van der Waals surface area contributed by atoms with Gasteiger partial charge in [0.05, 0.1) is 6.04 Å². The molecule has 1 aromatic carbocycles. The summed E-state index contributed by atoms with van der Waals surface area (Å²) in [6.45, 7) is 4.99. The molecule has 0 aromatic heterocycles. The van der Waals surface area contributed by atoms with Crippen LogP contribution in [0.2, 0.25) is 0 Å². The number of unbranched alkanes of at least 4 members (excludes halogenated alkanes) is 1. The van der Waals surface area contributed by atoms with Crippen molar-refractivity contribution >= 4 is 17.3 Å². The largest absolute Gasteiger partial charge is 0.399 e. The Morgan fingerprint density at radius 1 is 1.50 bits per heavy atom. The molecule has 4 nitrogen and oxygen atoms in total. The molecule has 0 radical (unpaired) electrons. The Balaban J connectivity index is 2.54. The fourth-order valence-electron chi connectivity index (χ4n) is 1.66. The minimum absolute atomic E-state index is 0.000738. The molecule has 0 aliphatic rings. The van der Waals surface area contributed by atoms with Crippen molar-refractivity contribution in [1.29, 1.82) is 0 Å². The van der Waals surface area contributed by atoms with Crippen molar-refractivity contribution in [3.63, 3.8) is 0 Å². The van der Waals surface area contributed by atoms with Gasteiger partial charge in [-0.05, 0) is 45.1 Å². The zero-order valence-corrected chi connectivity index (χ0v) is 11.4. The normalized spacial score (nSPS) is 12.4. The van der Waals surface area contributed by atoms with Crippen LogP contribution < -0.4 is 11.1 Å². The van der Waals surface area contributed by atoms with Gasteiger partial charge in [0.15, 0.2) is 0 Å². The van der Waals surface area contributed by atoms with Crippen LogP contribution in [0.3, 0.4) is 0 Å². The van der Waals surface area contributed by atoms with Crippen LogP contribution in [0.1, 0.15) is 26.7 Å². The maximum absolute atomic E-state index is 12.0. The van der Waals surface area contributed by atoms with Crippen molar-refractivity contribution in [3.8, 4) is 0 Å². The summed E-state index contributed by atoms with van der Waals surface area (Å²) in [5, 5.41) is 2.88. The molecule has 1 aromatic rings. The number of nitrogens with zero attached hydrogens (tertiary/aromatic N) is 1. The maximum atomic E-state index is 12.0. The summed E-state index contributed by atoms with van der Waals surface area (Å²) in [6.07, 6.45) is 2.24. The van der Waals surface area contributed by atoms with Gasteiger partial charge in [0.1, 0.15) is 0 Å². The Morgan fingerprint density at radius 2 is 2.22 bits per heavy atom. The summed E-state index contributed by atoms with van der Waals surface area (Å²) in [7, 11) is 1.97. The van der Waals surface area contributed by atoms with Crippen LogP contribution in [0.25, 0.3) is 0 Å². The molecule has 1 rings (SSSR count). The lowest BCUT2D eigenvalue weighted by molar-refractivity contribution is -0.120. The van der Waals surface area contributed by atoms with Gasteiger partial charge < -0.3 is 11.1 Å². The van der Waals surface area contributed by atoms with Crippen LogP contribution in [0.5, 0.6) is 0 Å². The van der Waals surface area contributed by atoms with Crippen LogP contribution in [-0.2, 0) is 4.79 Å². The van der Waals surface area contributed by atoms with E-state index in [4.69, 9.17) is 5.73 Å². The lowest BCUT2D eigenvalue weighted by Gasteiger charge is -2.23. The number of nitrogens with two attached hydrogens (primary N) is 1. The average molecular weight is 249 g/mol. The van der Waals surface area contributed by atoms with Crippen molar-refractivity contribution in [1.82, 2.24) is 4.90 Å². The minimum Gasteiger partial charge on any atom is -0.399 e. The number of hydrogen-bond donors (Lipinski definition) is 2. The zero-order valence-electron chi connectivity index (χ0n) is 11.4. The molecule has 18 heavy (non-hydrogen) atoms. The van der Waals surface area contributed by atoms with Gasteiger partial charge in [-0.1, -0.05) is 19.4 Å². The molecular formula is C14H23N3O. The smallest absolute Gasteiger partial charge is 0.241 e. The second-order valence-corrected chi connectivity index (χ2v) is 4.62. The van der Waals surface area contributed by atoms with Crippen molar-refractivity contribution in [2.45, 2.75) is 32.7 Å². The quantitative estimate of drug-likeness (QED) is 0.761. The SMILES string of the molecule is CCCCN(C)C(C)C(=O)Nc1cccc(N)c1. The van der Waals surface area contributed by atoms with E-state index >= 15 is 0 Å². The Hall–Kier alpha value is -1.55. The van der Waals surface area contributed by atoms with E-state index in [1.807, 2.05) is 26.1 Å². The Kier molecular flexibility index (Phi) is 5.65. The molecule has 0 saturated carbocycles. The molecule has 1 unspecified atom stereocenters. The van der Waals surface area contributed by atoms with Gasteiger partial charge in [-0.25, -0.2) is 0 Å². The number of amides is 1. The van der Waals surface area contributed by atoms with E-state index in [2.05, 4.69) is 17.1 Å². The monoisotopic (exact) mass is 249 g/mol. The first-order chi connectivity index (χ1) is 8.54. The van der Waals surface area contributed by atoms with Crippen LogP contribution in [0.15, 0.2) is 24.3 Å². The number of hydrogen-bond acceptors (Lipinski definition) is 3. The van der Waals surface area contributed by atoms with Gasteiger partial charge in [-0.2, -0.15) is 0 Å². The highest BCUT2D eigenvalue weighted by molar-refractivity contribution is 5.94. The van der Waals surface area contributed by atoms with Crippen molar-refractivity contribution in [3.05, 3.63) is 24.3 Å². The van der Waals surface area contributed by atoms with E-state index in [0.717, 1.165) is 25.1 Å². The summed E-state index contributed by atoms with van der Waals surface area (Å²) < 4.78 is 0. The highest BCUT2D eigenvalue weighted by Gasteiger charge is 2.17. The summed E-state index contributed by atoms with van der Waals surface area (Å²) >= 11 is 0. The third kappa shape index (κ3) is 4.37. The molecule has 3 N–H and O–H groups in total. The molecule has 0 saturated heterocycles. The molecule has 100 valence electrons. The van der Waals surface area contributed by atoms with Gasteiger partial charge in [0, 0.05) is 11.4 Å². The number of anilines is 2. The zero-order chi connectivity index (χ0) is 13.5. The third-order valence-electron chi connectivity index (χ3n) is 3.06. The molecule has 1 atom stereocenters. The first kappa shape index (κ1) is 14.5. The van der Waals surface area contributed by atoms with Gasteiger partial charge >= 0.3 is 0 Å². The van der Waals surface area contributed by atoms with E-state index in [1.165, 1.54) is 0 Å². The van der Waals surface area contributed by atoms with Crippen LogP contribution in [0, 0.1) is 0 Å². The number of likely N-dealkylation sites (N-methyl/N-ethyl adjacent to an activating group) is 1. The molecule has 0 fully saturated rings. The van der Waals surface area contributed by atoms with Crippen LogP contribution in [-0.4, -0.2) is 30.4 Å². The van der Waals surface area contributed by atoms with E-state index < -0.39 is 0 Å². The lowest BCUT2D eigenvalue weighted by Crippen LogP contribution is -2.40. The number of rotatable bonds is 6. The molecule has 0 bridgehead atoms. The summed E-state index contributed by atoms with van der Waals surface area (Å²) in [4.78, 5) is 14.1. The second-order valence-electron chi connectivity index (χ2n) is 4.62. The van der Waals surface area contributed by atoms with E-state index in [9.17, 15) is 4.79 Å². The highest BCUT2D eigenvalue weighted by atomic mass is 16.2. The third-order valence-corrected chi connectivity index (χ3v) is 3.06. The van der Waals surface area contributed by atoms with E-state index in [0.29, 0.717) is 5.69 Å². The van der Waals surface area contributed by atoms with E-state index in [1.54, 1.807) is 12.1 Å². The molecule has 4 heteroatoms. The average Bonchev–Trinajstić information content (AvgIpc) is 2.35. The number of carbonyl (C=O) groups excluding carboxylic acids is 1. The number of nitrogens with one attached hydrogen (secondary N) is 1. The molecule has 0 spiro atoms. The predicted molar refractivity (Wildman–Crippen MR) is 76.5 cm³/mol. The van der Waals surface area contributed by atoms with E-state index in [-0.39, 0.29) is 11.9 Å². The fourth-order valence-corrected chi connectivity index (χ4v) is 1.66. The summed E-state index contributed by atoms with van der Waals surface area (Å²) in [6, 6.07) is 7.09. The van der Waals surface area contributed by atoms with Crippen molar-refractivity contribution < 1.29 is 4.79 Å². The fraction of sp³-hybridized carbons (Fsp3) is 0.500. The summed E-state index contributed by atoms with van der Waals surface area (Å²) in [5.74, 6) is -0.000738. The van der Waals surface area contributed by atoms with Crippen LogP contribution in [0.4, 0.5) is 11.4 Å². The number of carbonyl (C=O) groups is 1. The molecule has 0 aliphatic heterocycles. The number of nitrogen functional groups attached to an aromatic ring is 1. The molecule has 0 aliphatic carbocycles. The molecule has 1 amide bonds. The Morgan fingerprint density at radius 3 is 2.83 bits per heavy atom. The summed E-state index contributed by atoms with van der Waals surface area (Å²) in [5.41, 5.74) is 7.07.